The van der Waals surface area contributed by atoms with Gasteiger partial charge in [-0.2, -0.15) is 13.2 Å². The van der Waals surface area contributed by atoms with Crippen LogP contribution in [0.2, 0.25) is 10.0 Å². The van der Waals surface area contributed by atoms with Crippen LogP contribution < -0.4 is 10.1 Å². The van der Waals surface area contributed by atoms with Gasteiger partial charge in [0.15, 0.2) is 0 Å². The minimum Gasteiger partial charge on any atom is -0.474 e. The second-order valence-corrected chi connectivity index (χ2v) is 7.12. The van der Waals surface area contributed by atoms with E-state index in [1.165, 1.54) is 6.07 Å². The van der Waals surface area contributed by atoms with Crippen LogP contribution in [0.4, 0.5) is 13.2 Å². The first-order valence-electron chi connectivity index (χ1n) is 8.11. The molecule has 0 saturated carbocycles. The number of halogens is 5. The van der Waals surface area contributed by atoms with Crippen LogP contribution in [-0.4, -0.2) is 24.2 Å². The maximum atomic E-state index is 12.6. The average molecular weight is 405 g/mol. The topological polar surface area (TPSA) is 34.1 Å². The van der Waals surface area contributed by atoms with Crippen molar-refractivity contribution in [2.24, 2.45) is 5.92 Å². The van der Waals surface area contributed by atoms with Crippen molar-refractivity contribution >= 4 is 23.2 Å². The van der Waals surface area contributed by atoms with Crippen LogP contribution in [0.3, 0.4) is 0 Å². The SMILES string of the molecule is CC(Oc1ccc(C(F)(F)F)cn1)C1CNCC1c1ccc(Cl)c(Cl)c1. The highest BCUT2D eigenvalue weighted by molar-refractivity contribution is 6.42. The fraction of sp³-hybridized carbons (Fsp3) is 0.389. The van der Waals surface area contributed by atoms with Crippen LogP contribution >= 0.6 is 23.2 Å². The van der Waals surface area contributed by atoms with Gasteiger partial charge in [0.2, 0.25) is 5.88 Å². The second-order valence-electron chi connectivity index (χ2n) is 6.31. The maximum Gasteiger partial charge on any atom is 0.417 e. The molecular weight excluding hydrogens is 388 g/mol. The van der Waals surface area contributed by atoms with Crippen LogP contribution in [0.1, 0.15) is 24.0 Å². The summed E-state index contributed by atoms with van der Waals surface area (Å²) in [6, 6.07) is 7.76. The van der Waals surface area contributed by atoms with Crippen LogP contribution in [0.5, 0.6) is 5.88 Å². The summed E-state index contributed by atoms with van der Waals surface area (Å²) in [6.45, 7) is 3.38. The summed E-state index contributed by atoms with van der Waals surface area (Å²) in [7, 11) is 0. The predicted octanol–water partition coefficient (Wildman–Crippen LogP) is 5.18. The summed E-state index contributed by atoms with van der Waals surface area (Å²) in [5.41, 5.74) is 0.249. The van der Waals surface area contributed by atoms with Gasteiger partial charge in [-0.05, 0) is 30.7 Å². The van der Waals surface area contributed by atoms with Crippen molar-refractivity contribution in [3.8, 4) is 5.88 Å². The van der Waals surface area contributed by atoms with E-state index in [1.54, 1.807) is 6.07 Å². The van der Waals surface area contributed by atoms with E-state index >= 15 is 0 Å². The molecule has 0 bridgehead atoms. The van der Waals surface area contributed by atoms with E-state index in [0.717, 1.165) is 30.9 Å². The van der Waals surface area contributed by atoms with E-state index in [0.29, 0.717) is 10.0 Å². The number of rotatable bonds is 4. The molecule has 26 heavy (non-hydrogen) atoms. The number of nitrogens with one attached hydrogen (secondary N) is 1. The quantitative estimate of drug-likeness (QED) is 0.762. The van der Waals surface area contributed by atoms with Gasteiger partial charge in [0.05, 0.1) is 15.6 Å². The minimum absolute atomic E-state index is 0.122. The van der Waals surface area contributed by atoms with Gasteiger partial charge in [0.1, 0.15) is 6.10 Å². The standard InChI is InChI=1S/C18H17Cl2F3N2O/c1-10(26-17-5-3-12(7-25-17)18(21,22)23)13-8-24-9-14(13)11-2-4-15(19)16(20)6-11/h2-7,10,13-14,24H,8-9H2,1H3. The minimum atomic E-state index is -4.41. The largest absolute Gasteiger partial charge is 0.474 e. The van der Waals surface area contributed by atoms with Crippen molar-refractivity contribution in [2.75, 3.05) is 13.1 Å². The Morgan fingerprint density at radius 2 is 1.92 bits per heavy atom. The second kappa shape index (κ2) is 7.62. The summed E-state index contributed by atoms with van der Waals surface area (Å²) in [5, 5.41) is 4.32. The highest BCUT2D eigenvalue weighted by Gasteiger charge is 2.35. The van der Waals surface area contributed by atoms with Gasteiger partial charge in [0.25, 0.3) is 0 Å². The summed E-state index contributed by atoms with van der Waals surface area (Å²) in [5.74, 6) is 0.454. The molecule has 3 nitrogen and oxygen atoms in total. The van der Waals surface area contributed by atoms with Crippen molar-refractivity contribution < 1.29 is 17.9 Å². The molecule has 140 valence electrons. The van der Waals surface area contributed by atoms with E-state index in [-0.39, 0.29) is 23.8 Å². The molecule has 1 aliphatic heterocycles. The van der Waals surface area contributed by atoms with Gasteiger partial charge < -0.3 is 10.1 Å². The van der Waals surface area contributed by atoms with E-state index in [2.05, 4.69) is 10.3 Å². The number of ether oxygens (including phenoxy) is 1. The molecular formula is C18H17Cl2F3N2O. The van der Waals surface area contributed by atoms with E-state index in [4.69, 9.17) is 27.9 Å². The lowest BCUT2D eigenvalue weighted by Crippen LogP contribution is -2.29. The molecule has 1 aromatic heterocycles. The molecule has 0 spiro atoms. The third-order valence-corrected chi connectivity index (χ3v) is 5.35. The first-order valence-corrected chi connectivity index (χ1v) is 8.87. The van der Waals surface area contributed by atoms with Gasteiger partial charge >= 0.3 is 6.18 Å². The normalized spacial score (nSPS) is 21.6. The Bertz CT molecular complexity index is 768. The van der Waals surface area contributed by atoms with Gasteiger partial charge in [-0.25, -0.2) is 4.98 Å². The Morgan fingerprint density at radius 1 is 1.15 bits per heavy atom. The lowest BCUT2D eigenvalue weighted by molar-refractivity contribution is -0.137. The van der Waals surface area contributed by atoms with E-state index in [1.807, 2.05) is 19.1 Å². The Morgan fingerprint density at radius 3 is 2.54 bits per heavy atom. The average Bonchev–Trinajstić information content (AvgIpc) is 3.07. The number of pyridine rings is 1. The molecule has 0 aliphatic carbocycles. The van der Waals surface area contributed by atoms with Crippen molar-refractivity contribution in [1.82, 2.24) is 10.3 Å². The Labute approximate surface area is 159 Å². The lowest BCUT2D eigenvalue weighted by atomic mass is 9.86. The summed E-state index contributed by atoms with van der Waals surface area (Å²) in [4.78, 5) is 3.78. The molecule has 8 heteroatoms. The lowest BCUT2D eigenvalue weighted by Gasteiger charge is -2.26. The summed E-state index contributed by atoms with van der Waals surface area (Å²) in [6.07, 6.45) is -3.87. The number of nitrogens with zero attached hydrogens (tertiary/aromatic N) is 1. The van der Waals surface area contributed by atoms with Gasteiger partial charge in [-0.1, -0.05) is 29.3 Å². The molecule has 1 saturated heterocycles. The number of hydrogen-bond donors (Lipinski definition) is 1. The molecule has 1 aliphatic rings. The number of hydrogen-bond acceptors (Lipinski definition) is 3. The molecule has 1 aromatic carbocycles. The summed E-state index contributed by atoms with van der Waals surface area (Å²) < 4.78 is 43.6. The van der Waals surface area contributed by atoms with Crippen LogP contribution in [0, 0.1) is 5.92 Å². The Kier molecular flexibility index (Phi) is 5.65. The Hall–Kier alpha value is -1.50. The molecule has 1 fully saturated rings. The van der Waals surface area contributed by atoms with E-state index in [9.17, 15) is 13.2 Å². The molecule has 0 amide bonds. The Balaban J connectivity index is 1.72. The van der Waals surface area contributed by atoms with Gasteiger partial charge in [-0.15, -0.1) is 0 Å². The monoisotopic (exact) mass is 404 g/mol. The zero-order valence-corrected chi connectivity index (χ0v) is 15.4. The van der Waals surface area contributed by atoms with Crippen molar-refractivity contribution in [3.63, 3.8) is 0 Å². The smallest absolute Gasteiger partial charge is 0.417 e. The molecule has 3 unspecified atom stereocenters. The highest BCUT2D eigenvalue weighted by Crippen LogP contribution is 2.35. The van der Waals surface area contributed by atoms with Crippen LogP contribution in [-0.2, 0) is 6.18 Å². The summed E-state index contributed by atoms with van der Waals surface area (Å²) >= 11 is 12.1. The highest BCUT2D eigenvalue weighted by atomic mass is 35.5. The zero-order chi connectivity index (χ0) is 18.9. The molecule has 3 atom stereocenters. The van der Waals surface area contributed by atoms with Crippen molar-refractivity contribution in [3.05, 3.63) is 57.7 Å². The third kappa shape index (κ3) is 4.24. The molecule has 0 radical (unpaired) electrons. The van der Waals surface area contributed by atoms with Crippen LogP contribution in [0.15, 0.2) is 36.5 Å². The van der Waals surface area contributed by atoms with Gasteiger partial charge in [-0.3, -0.25) is 0 Å². The first kappa shape index (κ1) is 19.3. The van der Waals surface area contributed by atoms with Gasteiger partial charge in [0, 0.05) is 37.2 Å². The number of alkyl halides is 3. The fourth-order valence-electron chi connectivity index (χ4n) is 3.20. The van der Waals surface area contributed by atoms with Crippen LogP contribution in [0.25, 0.3) is 0 Å². The predicted molar refractivity (Wildman–Crippen MR) is 94.9 cm³/mol. The molecule has 3 rings (SSSR count). The number of aromatic nitrogens is 1. The first-order chi connectivity index (χ1) is 12.3. The number of benzene rings is 1. The fourth-order valence-corrected chi connectivity index (χ4v) is 3.50. The van der Waals surface area contributed by atoms with Crippen molar-refractivity contribution in [2.45, 2.75) is 25.1 Å². The zero-order valence-electron chi connectivity index (χ0n) is 13.9. The molecule has 2 aromatic rings. The van der Waals surface area contributed by atoms with Crippen molar-refractivity contribution in [1.29, 1.82) is 0 Å². The molecule has 1 N–H and O–H groups in total. The maximum absolute atomic E-state index is 12.6. The third-order valence-electron chi connectivity index (χ3n) is 4.61. The molecule has 2 heterocycles. The van der Waals surface area contributed by atoms with E-state index < -0.39 is 11.7 Å².